The predicted octanol–water partition coefficient (Wildman–Crippen LogP) is 5.59. The number of hydrogen-bond acceptors (Lipinski definition) is 5. The second-order valence-corrected chi connectivity index (χ2v) is 7.32. The Morgan fingerprint density at radius 1 is 0.800 bits per heavy atom. The van der Waals surface area contributed by atoms with Crippen LogP contribution >= 0.6 is 0 Å². The highest BCUT2D eigenvalue weighted by molar-refractivity contribution is 5.88. The lowest BCUT2D eigenvalue weighted by molar-refractivity contribution is 0.618. The lowest BCUT2D eigenvalue weighted by Gasteiger charge is -2.07. The number of nitrogens with zero attached hydrogens (tertiary/aromatic N) is 3. The van der Waals surface area contributed by atoms with E-state index in [1.807, 2.05) is 42.5 Å². The number of rotatable bonds is 3. The van der Waals surface area contributed by atoms with Crippen molar-refractivity contribution < 1.29 is 4.42 Å². The smallest absolute Gasteiger partial charge is 0.157 e. The summed E-state index contributed by atoms with van der Waals surface area (Å²) in [5, 5.41) is 7.35. The zero-order chi connectivity index (χ0) is 20.5. The van der Waals surface area contributed by atoms with Gasteiger partial charge in [-0.2, -0.15) is 5.10 Å². The summed E-state index contributed by atoms with van der Waals surface area (Å²) >= 11 is 0. The van der Waals surface area contributed by atoms with Crippen LogP contribution < -0.4 is 10.8 Å². The minimum absolute atomic E-state index is 0.666. The van der Waals surface area contributed by atoms with E-state index in [2.05, 4.69) is 59.6 Å². The molecule has 0 fully saturated rings. The summed E-state index contributed by atoms with van der Waals surface area (Å²) in [5.41, 5.74) is 8.15. The molecule has 0 atom stereocenters. The lowest BCUT2D eigenvalue weighted by atomic mass is 10.1. The van der Waals surface area contributed by atoms with E-state index in [0.717, 1.165) is 44.1 Å². The maximum absolute atomic E-state index is 6.19. The molecule has 5 rings (SSSR count). The van der Waals surface area contributed by atoms with Gasteiger partial charge in [0.25, 0.3) is 0 Å². The molecule has 0 saturated carbocycles. The van der Waals surface area contributed by atoms with Crippen molar-refractivity contribution in [3.05, 3.63) is 95.6 Å². The van der Waals surface area contributed by atoms with E-state index in [4.69, 9.17) is 9.52 Å². The maximum Gasteiger partial charge on any atom is 0.157 e. The third-order valence-electron chi connectivity index (χ3n) is 5.06. The summed E-state index contributed by atoms with van der Waals surface area (Å²) in [5.74, 6) is 1.43. The number of nitrogens with one attached hydrogen (secondary N) is 1. The van der Waals surface area contributed by atoms with Crippen LogP contribution in [0.4, 0.5) is 5.82 Å². The zero-order valence-corrected chi connectivity index (χ0v) is 16.8. The predicted molar refractivity (Wildman–Crippen MR) is 120 cm³/mol. The number of aromatic nitrogens is 2. The largest absolute Gasteiger partial charge is 0.456 e. The Kier molecular flexibility index (Phi) is 4.48. The van der Waals surface area contributed by atoms with Gasteiger partial charge in [-0.25, -0.2) is 9.97 Å². The minimum atomic E-state index is 0.666. The van der Waals surface area contributed by atoms with Crippen molar-refractivity contribution >= 4 is 27.7 Å². The van der Waals surface area contributed by atoms with Crippen LogP contribution in [-0.4, -0.2) is 9.97 Å². The Morgan fingerprint density at radius 2 is 1.60 bits per heavy atom. The SMILES string of the molecule is Cc1ccc(-c2c/c(=N\Nc3ncnc4ccccc34)c3cc(C)ccc3o2)cc1. The summed E-state index contributed by atoms with van der Waals surface area (Å²) < 4.78 is 6.19. The van der Waals surface area contributed by atoms with Crippen LogP contribution in [0.25, 0.3) is 33.2 Å². The van der Waals surface area contributed by atoms with Gasteiger partial charge >= 0.3 is 0 Å². The van der Waals surface area contributed by atoms with E-state index < -0.39 is 0 Å². The van der Waals surface area contributed by atoms with Gasteiger partial charge in [-0.05, 0) is 38.1 Å². The fourth-order valence-corrected chi connectivity index (χ4v) is 3.44. The maximum atomic E-state index is 6.19. The number of aryl methyl sites for hydroxylation is 2. The molecular weight excluding hydrogens is 372 g/mol. The zero-order valence-electron chi connectivity index (χ0n) is 16.8. The molecule has 2 aromatic heterocycles. The van der Waals surface area contributed by atoms with Crippen LogP contribution in [0.15, 0.2) is 88.6 Å². The molecule has 0 bridgehead atoms. The Hall–Kier alpha value is -3.99. The van der Waals surface area contributed by atoms with Crippen molar-refractivity contribution in [3.8, 4) is 11.3 Å². The van der Waals surface area contributed by atoms with Crippen LogP contribution in [0, 0.1) is 13.8 Å². The molecule has 0 unspecified atom stereocenters. The highest BCUT2D eigenvalue weighted by atomic mass is 16.3. The second kappa shape index (κ2) is 7.44. The van der Waals surface area contributed by atoms with E-state index in [9.17, 15) is 0 Å². The third kappa shape index (κ3) is 3.42. The third-order valence-corrected chi connectivity index (χ3v) is 5.06. The first kappa shape index (κ1) is 18.1. The van der Waals surface area contributed by atoms with Crippen LogP contribution in [0.1, 0.15) is 11.1 Å². The molecule has 1 N–H and O–H groups in total. The number of anilines is 1. The molecule has 0 aliphatic rings. The van der Waals surface area contributed by atoms with Gasteiger partial charge in [-0.15, -0.1) is 0 Å². The Balaban J connectivity index is 1.68. The van der Waals surface area contributed by atoms with Crippen LogP contribution in [0.2, 0.25) is 0 Å². The lowest BCUT2D eigenvalue weighted by Crippen LogP contribution is -2.08. The van der Waals surface area contributed by atoms with E-state index in [1.165, 1.54) is 5.56 Å². The van der Waals surface area contributed by atoms with Gasteiger partial charge in [-0.1, -0.05) is 53.6 Å². The quantitative estimate of drug-likeness (QED) is 0.407. The van der Waals surface area contributed by atoms with Gasteiger partial charge in [0.2, 0.25) is 0 Å². The fourth-order valence-electron chi connectivity index (χ4n) is 3.44. The van der Waals surface area contributed by atoms with Gasteiger partial charge in [0, 0.05) is 22.4 Å². The van der Waals surface area contributed by atoms with Gasteiger partial charge in [0.05, 0.1) is 10.9 Å². The van der Waals surface area contributed by atoms with Gasteiger partial charge in [0.15, 0.2) is 5.82 Å². The van der Waals surface area contributed by atoms with Crippen molar-refractivity contribution in [1.82, 2.24) is 9.97 Å². The average Bonchev–Trinajstić information content (AvgIpc) is 2.78. The van der Waals surface area contributed by atoms with E-state index in [0.29, 0.717) is 5.82 Å². The molecule has 146 valence electrons. The molecule has 0 aliphatic heterocycles. The van der Waals surface area contributed by atoms with Crippen molar-refractivity contribution in [2.45, 2.75) is 13.8 Å². The van der Waals surface area contributed by atoms with Crippen molar-refractivity contribution in [2.24, 2.45) is 5.10 Å². The van der Waals surface area contributed by atoms with Crippen molar-refractivity contribution in [3.63, 3.8) is 0 Å². The number of hydrogen-bond donors (Lipinski definition) is 1. The Labute approximate surface area is 173 Å². The first-order chi connectivity index (χ1) is 14.7. The highest BCUT2D eigenvalue weighted by Gasteiger charge is 2.07. The Bertz CT molecular complexity index is 1430. The molecule has 5 nitrogen and oxygen atoms in total. The fraction of sp³-hybridized carbons (Fsp3) is 0.0800. The molecule has 0 spiro atoms. The normalized spacial score (nSPS) is 11.9. The first-order valence-corrected chi connectivity index (χ1v) is 9.78. The number of para-hydroxylation sites is 1. The summed E-state index contributed by atoms with van der Waals surface area (Å²) in [6.45, 7) is 4.13. The monoisotopic (exact) mass is 392 g/mol. The summed E-state index contributed by atoms with van der Waals surface area (Å²) in [6, 6.07) is 24.2. The first-order valence-electron chi connectivity index (χ1n) is 9.78. The Morgan fingerprint density at radius 3 is 2.47 bits per heavy atom. The van der Waals surface area contributed by atoms with Gasteiger partial charge in [0.1, 0.15) is 17.7 Å². The molecule has 0 amide bonds. The van der Waals surface area contributed by atoms with Gasteiger partial charge < -0.3 is 4.42 Å². The highest BCUT2D eigenvalue weighted by Crippen LogP contribution is 2.23. The van der Waals surface area contributed by atoms with Gasteiger partial charge in [-0.3, -0.25) is 5.43 Å². The van der Waals surface area contributed by atoms with Crippen molar-refractivity contribution in [2.75, 3.05) is 5.43 Å². The molecular formula is C25H20N4O. The van der Waals surface area contributed by atoms with Crippen LogP contribution in [0.3, 0.4) is 0 Å². The summed E-state index contributed by atoms with van der Waals surface area (Å²) in [6.07, 6.45) is 1.54. The summed E-state index contributed by atoms with van der Waals surface area (Å²) in [4.78, 5) is 8.68. The van der Waals surface area contributed by atoms with E-state index in [1.54, 1.807) is 6.33 Å². The van der Waals surface area contributed by atoms with E-state index >= 15 is 0 Å². The molecule has 0 radical (unpaired) electrons. The number of benzene rings is 3. The molecule has 3 aromatic carbocycles. The standard InChI is InChI=1S/C25H20N4O/c1-16-7-10-18(11-8-16)24-14-22(20-13-17(2)9-12-23(20)30-24)28-29-25-19-5-3-4-6-21(19)26-15-27-25/h3-15H,1-2H3,(H,26,27,29)/b28-22+. The molecule has 0 aliphatic carbocycles. The number of fused-ring (bicyclic) bond motifs is 2. The minimum Gasteiger partial charge on any atom is -0.456 e. The second-order valence-electron chi connectivity index (χ2n) is 7.32. The molecule has 2 heterocycles. The molecule has 0 saturated heterocycles. The average molecular weight is 392 g/mol. The van der Waals surface area contributed by atoms with Crippen molar-refractivity contribution in [1.29, 1.82) is 0 Å². The summed E-state index contributed by atoms with van der Waals surface area (Å²) in [7, 11) is 0. The molecule has 5 aromatic rings. The molecule has 5 heteroatoms. The topological polar surface area (TPSA) is 63.3 Å². The van der Waals surface area contributed by atoms with Crippen LogP contribution in [0.5, 0.6) is 0 Å². The van der Waals surface area contributed by atoms with E-state index in [-0.39, 0.29) is 0 Å². The van der Waals surface area contributed by atoms with Crippen LogP contribution in [-0.2, 0) is 0 Å². The molecule has 30 heavy (non-hydrogen) atoms.